The van der Waals surface area contributed by atoms with E-state index in [2.05, 4.69) is 14.9 Å². The molecular weight excluding hydrogens is 313 g/mol. The average Bonchev–Trinajstić information content (AvgIpc) is 2.25. The lowest BCUT2D eigenvalue weighted by Gasteiger charge is -2.16. The topological polar surface area (TPSA) is 108 Å². The van der Waals surface area contributed by atoms with Gasteiger partial charge >= 0.3 is 6.36 Å². The number of sulfonamides is 1. The first-order chi connectivity index (χ1) is 8.95. The first-order valence-corrected chi connectivity index (χ1v) is 6.31. The van der Waals surface area contributed by atoms with Crippen molar-refractivity contribution in [3.05, 3.63) is 17.3 Å². The largest absolute Gasteiger partial charge is 0.573 e. The molecule has 0 atom stereocenters. The van der Waals surface area contributed by atoms with Crippen molar-refractivity contribution in [2.24, 2.45) is 10.9 Å². The van der Waals surface area contributed by atoms with Gasteiger partial charge in [0, 0.05) is 12.1 Å². The van der Waals surface area contributed by atoms with Crippen molar-refractivity contribution in [2.45, 2.75) is 24.4 Å². The summed E-state index contributed by atoms with van der Waals surface area (Å²) in [6.45, 7) is -0.684. The lowest BCUT2D eigenvalue weighted by atomic mass is 10.2. The van der Waals surface area contributed by atoms with Gasteiger partial charge in [0.1, 0.15) is 5.69 Å². The lowest BCUT2D eigenvalue weighted by molar-refractivity contribution is -0.276. The molecule has 1 rings (SSSR count). The second-order valence-corrected chi connectivity index (χ2v) is 4.91. The molecule has 0 bridgehead atoms. The molecule has 0 spiro atoms. The molecule has 6 nitrogen and oxygen atoms in total. The maximum atomic E-state index is 12.5. The zero-order valence-electron chi connectivity index (χ0n) is 9.49. The minimum absolute atomic E-state index is 0.514. The van der Waals surface area contributed by atoms with E-state index >= 15 is 0 Å². The van der Waals surface area contributed by atoms with E-state index in [1.807, 2.05) is 0 Å². The molecule has 4 N–H and O–H groups in total. The first kappa shape index (κ1) is 16.5. The van der Waals surface area contributed by atoms with Gasteiger partial charge < -0.3 is 10.5 Å². The highest BCUT2D eigenvalue weighted by Crippen LogP contribution is 2.33. The third-order valence-electron chi connectivity index (χ3n) is 1.97. The zero-order valence-corrected chi connectivity index (χ0v) is 10.3. The Morgan fingerprint density at radius 1 is 1.35 bits per heavy atom. The number of ether oxygens (including phenoxy) is 1. The van der Waals surface area contributed by atoms with Crippen molar-refractivity contribution >= 4 is 10.0 Å². The summed E-state index contributed by atoms with van der Waals surface area (Å²) < 4.78 is 87.5. The lowest BCUT2D eigenvalue weighted by Crippen LogP contribution is -2.24. The number of nitrogens with two attached hydrogens (primary N) is 2. The molecule has 0 radical (unpaired) electrons. The van der Waals surface area contributed by atoms with E-state index in [1.54, 1.807) is 0 Å². The monoisotopic (exact) mass is 321 g/mol. The number of primary sulfonamides is 1. The molecule has 0 unspecified atom stereocenters. The molecule has 114 valence electrons. The molecule has 0 saturated heterocycles. The Hall–Kier alpha value is -1.53. The molecule has 0 aromatic carbocycles. The first-order valence-electron chi connectivity index (χ1n) is 4.76. The standard InChI is InChI=1S/C8H8F5N3O3S/c9-6(10)4-1-3(2-14)5(19-8(11,12)13)7(16-4)20(15,17)18/h1,6H,2,14H2,(H2,15,17,18). The van der Waals surface area contributed by atoms with Crippen molar-refractivity contribution in [3.8, 4) is 5.75 Å². The number of hydrogen-bond donors (Lipinski definition) is 2. The highest BCUT2D eigenvalue weighted by Gasteiger charge is 2.36. The van der Waals surface area contributed by atoms with Crippen LogP contribution in [-0.4, -0.2) is 19.8 Å². The van der Waals surface area contributed by atoms with E-state index in [4.69, 9.17) is 5.73 Å². The van der Waals surface area contributed by atoms with Crippen LogP contribution in [0.1, 0.15) is 17.7 Å². The highest BCUT2D eigenvalue weighted by atomic mass is 32.2. The van der Waals surface area contributed by atoms with E-state index in [9.17, 15) is 30.4 Å². The van der Waals surface area contributed by atoms with Gasteiger partial charge in [0.2, 0.25) is 5.03 Å². The number of pyridine rings is 1. The van der Waals surface area contributed by atoms with Gasteiger partial charge in [-0.15, -0.1) is 13.2 Å². The van der Waals surface area contributed by atoms with Crippen molar-refractivity contribution in [1.82, 2.24) is 4.98 Å². The van der Waals surface area contributed by atoms with Crippen LogP contribution < -0.4 is 15.6 Å². The van der Waals surface area contributed by atoms with E-state index in [-0.39, 0.29) is 0 Å². The molecule has 0 saturated carbocycles. The maximum Gasteiger partial charge on any atom is 0.573 e. The van der Waals surface area contributed by atoms with Gasteiger partial charge in [0.05, 0.1) is 0 Å². The fraction of sp³-hybridized carbons (Fsp3) is 0.375. The van der Waals surface area contributed by atoms with Gasteiger partial charge in [-0.1, -0.05) is 0 Å². The Morgan fingerprint density at radius 2 is 1.90 bits per heavy atom. The van der Waals surface area contributed by atoms with Crippen LogP contribution >= 0.6 is 0 Å². The third kappa shape index (κ3) is 3.98. The molecule has 0 aliphatic heterocycles. The Kier molecular flexibility index (Phi) is 4.51. The van der Waals surface area contributed by atoms with Gasteiger partial charge in [0.25, 0.3) is 16.4 Å². The van der Waals surface area contributed by atoms with Crippen LogP contribution in [0.4, 0.5) is 22.0 Å². The van der Waals surface area contributed by atoms with Crippen LogP contribution in [0.3, 0.4) is 0 Å². The van der Waals surface area contributed by atoms with Crippen LogP contribution in [0.5, 0.6) is 5.75 Å². The van der Waals surface area contributed by atoms with Crippen molar-refractivity contribution in [1.29, 1.82) is 0 Å². The summed E-state index contributed by atoms with van der Waals surface area (Å²) in [7, 11) is -4.82. The van der Waals surface area contributed by atoms with Gasteiger partial charge in [-0.25, -0.2) is 27.3 Å². The predicted octanol–water partition coefficient (Wildman–Crippen LogP) is 1.02. The van der Waals surface area contributed by atoms with Gasteiger partial charge in [-0.05, 0) is 6.07 Å². The average molecular weight is 321 g/mol. The number of alkyl halides is 5. The van der Waals surface area contributed by atoms with Crippen molar-refractivity contribution in [3.63, 3.8) is 0 Å². The zero-order chi connectivity index (χ0) is 15.7. The number of aromatic nitrogens is 1. The van der Waals surface area contributed by atoms with Gasteiger partial charge in [0.15, 0.2) is 5.75 Å². The summed E-state index contributed by atoms with van der Waals surface area (Å²) in [4.78, 5) is 2.89. The Labute approximate surface area is 109 Å². The maximum absolute atomic E-state index is 12.5. The van der Waals surface area contributed by atoms with Crippen LogP contribution in [0.25, 0.3) is 0 Å². The number of hydrogen-bond acceptors (Lipinski definition) is 5. The minimum atomic E-state index is -5.27. The van der Waals surface area contributed by atoms with Crippen LogP contribution in [0.15, 0.2) is 11.1 Å². The summed E-state index contributed by atoms with van der Waals surface area (Å²) >= 11 is 0. The van der Waals surface area contributed by atoms with Crippen molar-refractivity contribution in [2.75, 3.05) is 0 Å². The summed E-state index contributed by atoms with van der Waals surface area (Å²) in [5, 5.41) is 3.19. The second-order valence-electron chi connectivity index (χ2n) is 3.44. The molecule has 1 heterocycles. The van der Waals surface area contributed by atoms with E-state index < -0.39 is 51.4 Å². The molecule has 0 aliphatic rings. The summed E-state index contributed by atoms with van der Waals surface area (Å²) in [5.74, 6) is -1.31. The summed E-state index contributed by atoms with van der Waals surface area (Å²) in [6, 6.07) is 0.514. The smallest absolute Gasteiger partial charge is 0.402 e. The quantitative estimate of drug-likeness (QED) is 0.805. The molecular formula is C8H8F5N3O3S. The summed E-state index contributed by atoms with van der Waals surface area (Å²) in [5.41, 5.74) is 3.40. The molecule has 0 fully saturated rings. The number of nitrogens with zero attached hydrogens (tertiary/aromatic N) is 1. The minimum Gasteiger partial charge on any atom is -0.402 e. The predicted molar refractivity (Wildman–Crippen MR) is 55.1 cm³/mol. The van der Waals surface area contributed by atoms with E-state index in [0.29, 0.717) is 6.07 Å². The molecule has 0 aliphatic carbocycles. The van der Waals surface area contributed by atoms with E-state index in [0.717, 1.165) is 0 Å². The van der Waals surface area contributed by atoms with Crippen LogP contribution in [0, 0.1) is 0 Å². The van der Waals surface area contributed by atoms with E-state index in [1.165, 1.54) is 0 Å². The van der Waals surface area contributed by atoms with Gasteiger partial charge in [-0.3, -0.25) is 0 Å². The molecule has 1 aromatic heterocycles. The number of halogens is 5. The van der Waals surface area contributed by atoms with Crippen LogP contribution in [0.2, 0.25) is 0 Å². The molecule has 1 aromatic rings. The Balaban J connectivity index is 3.61. The molecule has 0 amide bonds. The Bertz CT molecular complexity index is 602. The number of rotatable bonds is 4. The molecule has 12 heteroatoms. The fourth-order valence-corrected chi connectivity index (χ4v) is 1.93. The molecule has 20 heavy (non-hydrogen) atoms. The highest BCUT2D eigenvalue weighted by molar-refractivity contribution is 7.89. The van der Waals surface area contributed by atoms with Crippen LogP contribution in [-0.2, 0) is 16.6 Å². The fourth-order valence-electron chi connectivity index (χ4n) is 1.26. The van der Waals surface area contributed by atoms with Crippen molar-refractivity contribution < 1.29 is 35.1 Å². The second kappa shape index (κ2) is 5.46. The SMILES string of the molecule is NCc1cc(C(F)F)nc(S(N)(=O)=O)c1OC(F)(F)F. The normalized spacial score (nSPS) is 12.8. The summed E-state index contributed by atoms with van der Waals surface area (Å²) in [6.07, 6.45) is -8.49. The van der Waals surface area contributed by atoms with Gasteiger partial charge in [-0.2, -0.15) is 0 Å². The Morgan fingerprint density at radius 3 is 2.25 bits per heavy atom. The third-order valence-corrected chi connectivity index (χ3v) is 2.79.